The summed E-state index contributed by atoms with van der Waals surface area (Å²) in [6.45, 7) is 4.10. The quantitative estimate of drug-likeness (QED) is 0.799. The van der Waals surface area contributed by atoms with E-state index < -0.39 is 0 Å². The normalized spacial score (nSPS) is 23.9. The van der Waals surface area contributed by atoms with Crippen LogP contribution in [0.4, 0.5) is 0 Å². The molecule has 100 valence electrons. The number of carbonyl (C=O) groups is 1. The van der Waals surface area contributed by atoms with E-state index >= 15 is 0 Å². The second-order valence-corrected chi connectivity index (χ2v) is 7.69. The average molecular weight is 303 g/mol. The molecule has 1 aromatic heterocycles. The minimum absolute atomic E-state index is 0.266. The van der Waals surface area contributed by atoms with E-state index in [-0.39, 0.29) is 5.97 Å². The Labute approximate surface area is 120 Å². The lowest BCUT2D eigenvalue weighted by atomic mass is 10.2. The van der Waals surface area contributed by atoms with E-state index in [0.29, 0.717) is 15.4 Å². The number of ether oxygens (including phenoxy) is 1. The summed E-state index contributed by atoms with van der Waals surface area (Å²) in [7, 11) is 1.42. The number of carbonyl (C=O) groups excluding carboxylic acids is 1. The smallest absolute Gasteiger partial charge is 0.349 e. The fraction of sp³-hybridized carbons (Fsp3) is 0.667. The molecule has 0 aliphatic carbocycles. The molecule has 0 radical (unpaired) electrons. The SMILES string of the molecule is CCC1SCCSC1c1nc(C)c(C(=O)OC)s1. The Morgan fingerprint density at radius 2 is 2.17 bits per heavy atom. The first kappa shape index (κ1) is 14.2. The summed E-state index contributed by atoms with van der Waals surface area (Å²) in [6.07, 6.45) is 1.15. The van der Waals surface area contributed by atoms with E-state index in [1.807, 2.05) is 30.4 Å². The van der Waals surface area contributed by atoms with Gasteiger partial charge in [0.1, 0.15) is 9.88 Å². The molecule has 1 saturated heterocycles. The summed E-state index contributed by atoms with van der Waals surface area (Å²) in [5.41, 5.74) is 0.799. The molecule has 1 aliphatic rings. The fourth-order valence-corrected chi connectivity index (χ4v) is 6.36. The second kappa shape index (κ2) is 6.30. The molecule has 0 amide bonds. The van der Waals surface area contributed by atoms with Crippen molar-refractivity contribution in [2.24, 2.45) is 0 Å². The van der Waals surface area contributed by atoms with Gasteiger partial charge in [-0.3, -0.25) is 0 Å². The first-order valence-corrected chi connectivity index (χ1v) is 8.87. The Kier molecular flexibility index (Phi) is 4.98. The second-order valence-electron chi connectivity index (χ2n) is 4.07. The summed E-state index contributed by atoms with van der Waals surface area (Å²) in [5.74, 6) is 2.11. The predicted octanol–water partition coefficient (Wildman–Crippen LogP) is 3.54. The zero-order valence-electron chi connectivity index (χ0n) is 10.8. The third-order valence-corrected chi connectivity index (χ3v) is 7.50. The lowest BCUT2D eigenvalue weighted by Crippen LogP contribution is -2.18. The molecule has 1 fully saturated rings. The van der Waals surface area contributed by atoms with Gasteiger partial charge in [-0.05, 0) is 13.3 Å². The third-order valence-electron chi connectivity index (χ3n) is 2.88. The maximum Gasteiger partial charge on any atom is 0.349 e. The third kappa shape index (κ3) is 2.86. The van der Waals surface area contributed by atoms with Gasteiger partial charge in [-0.1, -0.05) is 6.92 Å². The van der Waals surface area contributed by atoms with Crippen molar-refractivity contribution in [3.63, 3.8) is 0 Å². The number of thiazole rings is 1. The molecule has 0 spiro atoms. The molecular formula is C12H17NO2S3. The highest BCUT2D eigenvalue weighted by Gasteiger charge is 2.30. The zero-order valence-corrected chi connectivity index (χ0v) is 13.2. The van der Waals surface area contributed by atoms with Gasteiger partial charge in [-0.25, -0.2) is 9.78 Å². The van der Waals surface area contributed by atoms with Gasteiger partial charge in [0.25, 0.3) is 0 Å². The van der Waals surface area contributed by atoms with Gasteiger partial charge in [-0.15, -0.1) is 23.1 Å². The molecule has 6 heteroatoms. The van der Waals surface area contributed by atoms with Crippen molar-refractivity contribution < 1.29 is 9.53 Å². The number of aromatic nitrogens is 1. The highest BCUT2D eigenvalue weighted by atomic mass is 32.2. The van der Waals surface area contributed by atoms with Crippen LogP contribution in [0.15, 0.2) is 0 Å². The van der Waals surface area contributed by atoms with Gasteiger partial charge >= 0.3 is 5.97 Å². The van der Waals surface area contributed by atoms with Gasteiger partial charge in [0.2, 0.25) is 0 Å². The highest BCUT2D eigenvalue weighted by molar-refractivity contribution is 8.06. The molecule has 2 unspecified atom stereocenters. The zero-order chi connectivity index (χ0) is 13.1. The minimum atomic E-state index is -0.266. The summed E-state index contributed by atoms with van der Waals surface area (Å²) < 4.78 is 4.79. The molecule has 18 heavy (non-hydrogen) atoms. The van der Waals surface area contributed by atoms with Crippen LogP contribution in [0.5, 0.6) is 0 Å². The van der Waals surface area contributed by atoms with E-state index in [2.05, 4.69) is 11.9 Å². The summed E-state index contributed by atoms with van der Waals surface area (Å²) >= 11 is 5.49. The molecule has 2 atom stereocenters. The van der Waals surface area contributed by atoms with Crippen molar-refractivity contribution in [1.82, 2.24) is 4.98 Å². The average Bonchev–Trinajstić information content (AvgIpc) is 2.79. The minimum Gasteiger partial charge on any atom is -0.465 e. The predicted molar refractivity (Wildman–Crippen MR) is 79.9 cm³/mol. The molecule has 1 aromatic rings. The highest BCUT2D eigenvalue weighted by Crippen LogP contribution is 2.45. The van der Waals surface area contributed by atoms with E-state index in [4.69, 9.17) is 4.74 Å². The Morgan fingerprint density at radius 1 is 1.44 bits per heavy atom. The number of esters is 1. The van der Waals surface area contributed by atoms with Gasteiger partial charge in [-0.2, -0.15) is 11.8 Å². The van der Waals surface area contributed by atoms with E-state index in [9.17, 15) is 4.79 Å². The lowest BCUT2D eigenvalue weighted by Gasteiger charge is -2.28. The standard InChI is InChI=1S/C12H17NO2S3/c1-4-8-10(17-6-5-16-8)11-13-7(2)9(18-11)12(14)15-3/h8,10H,4-6H2,1-3H3. The van der Waals surface area contributed by atoms with Gasteiger partial charge in [0.05, 0.1) is 18.1 Å². The van der Waals surface area contributed by atoms with Crippen molar-refractivity contribution in [3.05, 3.63) is 15.6 Å². The molecule has 2 rings (SSSR count). The molecule has 1 aliphatic heterocycles. The molecule has 2 heterocycles. The molecule has 0 N–H and O–H groups in total. The molecular weight excluding hydrogens is 286 g/mol. The topological polar surface area (TPSA) is 39.2 Å². The van der Waals surface area contributed by atoms with Gasteiger partial charge in [0.15, 0.2) is 0 Å². The number of aryl methyl sites for hydroxylation is 1. The van der Waals surface area contributed by atoms with Crippen LogP contribution in [-0.2, 0) is 4.74 Å². The van der Waals surface area contributed by atoms with Crippen LogP contribution in [-0.4, -0.2) is 34.8 Å². The maximum atomic E-state index is 11.6. The summed E-state index contributed by atoms with van der Waals surface area (Å²) in [5, 5.41) is 2.12. The van der Waals surface area contributed by atoms with E-state index in [1.165, 1.54) is 24.2 Å². The van der Waals surface area contributed by atoms with Crippen molar-refractivity contribution in [2.75, 3.05) is 18.6 Å². The van der Waals surface area contributed by atoms with Crippen LogP contribution in [0.3, 0.4) is 0 Å². The molecule has 0 bridgehead atoms. The Balaban J connectivity index is 2.24. The summed E-state index contributed by atoms with van der Waals surface area (Å²) in [6, 6.07) is 0. The first-order chi connectivity index (χ1) is 8.67. The number of hydrogen-bond donors (Lipinski definition) is 0. The largest absolute Gasteiger partial charge is 0.465 e. The molecule has 3 nitrogen and oxygen atoms in total. The Morgan fingerprint density at radius 3 is 2.83 bits per heavy atom. The van der Waals surface area contributed by atoms with Crippen molar-refractivity contribution >= 4 is 40.8 Å². The van der Waals surface area contributed by atoms with Crippen LogP contribution < -0.4 is 0 Å². The van der Waals surface area contributed by atoms with Crippen LogP contribution >= 0.6 is 34.9 Å². The monoisotopic (exact) mass is 303 g/mol. The van der Waals surface area contributed by atoms with Crippen molar-refractivity contribution in [2.45, 2.75) is 30.8 Å². The Hall–Kier alpha value is -0.200. The lowest BCUT2D eigenvalue weighted by molar-refractivity contribution is 0.0605. The van der Waals surface area contributed by atoms with E-state index in [0.717, 1.165) is 22.9 Å². The van der Waals surface area contributed by atoms with E-state index in [1.54, 1.807) is 0 Å². The van der Waals surface area contributed by atoms with Crippen LogP contribution in [0.1, 0.15) is 39.0 Å². The first-order valence-electron chi connectivity index (χ1n) is 5.96. The van der Waals surface area contributed by atoms with Gasteiger partial charge < -0.3 is 4.74 Å². The van der Waals surface area contributed by atoms with Crippen LogP contribution in [0.25, 0.3) is 0 Å². The summed E-state index contributed by atoms with van der Waals surface area (Å²) in [4.78, 5) is 16.9. The Bertz CT molecular complexity index is 433. The fourth-order valence-electron chi connectivity index (χ4n) is 1.95. The van der Waals surface area contributed by atoms with Gasteiger partial charge in [0, 0.05) is 16.8 Å². The maximum absolute atomic E-state index is 11.6. The van der Waals surface area contributed by atoms with Crippen LogP contribution in [0, 0.1) is 6.92 Å². The van der Waals surface area contributed by atoms with Crippen molar-refractivity contribution in [1.29, 1.82) is 0 Å². The molecule has 0 aromatic carbocycles. The number of nitrogens with zero attached hydrogens (tertiary/aromatic N) is 1. The number of thioether (sulfide) groups is 2. The number of methoxy groups -OCH3 is 1. The van der Waals surface area contributed by atoms with Crippen molar-refractivity contribution in [3.8, 4) is 0 Å². The van der Waals surface area contributed by atoms with Crippen LogP contribution in [0.2, 0.25) is 0 Å². The number of hydrogen-bond acceptors (Lipinski definition) is 6. The molecule has 0 saturated carbocycles. The number of rotatable bonds is 3.